The number of carbonyl (C=O) groups excluding carboxylic acids is 1. The highest BCUT2D eigenvalue weighted by Gasteiger charge is 2.14. The predicted molar refractivity (Wildman–Crippen MR) is 81.3 cm³/mol. The molecule has 0 spiro atoms. The van der Waals surface area contributed by atoms with E-state index in [0.717, 1.165) is 16.8 Å². The first kappa shape index (κ1) is 13.9. The Kier molecular flexibility index (Phi) is 3.94. The van der Waals surface area contributed by atoms with E-state index in [2.05, 4.69) is 5.32 Å². The van der Waals surface area contributed by atoms with Gasteiger partial charge < -0.3 is 15.8 Å². The third-order valence-electron chi connectivity index (χ3n) is 3.19. The Morgan fingerprint density at radius 3 is 2.40 bits per heavy atom. The number of benzene rings is 2. The number of hydrogen-bond donors (Lipinski definition) is 2. The van der Waals surface area contributed by atoms with Crippen molar-refractivity contribution in [1.29, 1.82) is 0 Å². The summed E-state index contributed by atoms with van der Waals surface area (Å²) in [5.41, 5.74) is 9.59. The van der Waals surface area contributed by atoms with Crippen molar-refractivity contribution in [1.82, 2.24) is 0 Å². The third kappa shape index (κ3) is 2.74. The van der Waals surface area contributed by atoms with Crippen molar-refractivity contribution in [2.75, 3.05) is 18.2 Å². The molecule has 104 valence electrons. The molecule has 0 aromatic heterocycles. The van der Waals surface area contributed by atoms with Crippen LogP contribution in [0.5, 0.6) is 5.75 Å². The molecule has 0 unspecified atom stereocenters. The number of methoxy groups -OCH3 is 1. The van der Waals surface area contributed by atoms with Crippen LogP contribution < -0.4 is 15.8 Å². The number of aryl methyl sites for hydroxylation is 2. The molecular formula is C16H18N2O2. The Morgan fingerprint density at radius 1 is 1.15 bits per heavy atom. The summed E-state index contributed by atoms with van der Waals surface area (Å²) in [6.07, 6.45) is 0. The molecule has 0 aliphatic carbocycles. The molecule has 3 N–H and O–H groups in total. The minimum atomic E-state index is -0.209. The van der Waals surface area contributed by atoms with Gasteiger partial charge in [-0.3, -0.25) is 4.79 Å². The number of nitrogen functional groups attached to an aromatic ring is 1. The van der Waals surface area contributed by atoms with E-state index in [9.17, 15) is 4.79 Å². The molecule has 0 saturated carbocycles. The molecule has 4 nitrogen and oxygen atoms in total. The van der Waals surface area contributed by atoms with Crippen LogP contribution in [0.15, 0.2) is 36.4 Å². The smallest absolute Gasteiger partial charge is 0.259 e. The quantitative estimate of drug-likeness (QED) is 0.842. The summed E-state index contributed by atoms with van der Waals surface area (Å²) in [6, 6.07) is 10.9. The van der Waals surface area contributed by atoms with E-state index in [0.29, 0.717) is 17.0 Å². The minimum Gasteiger partial charge on any atom is -0.496 e. The fourth-order valence-electron chi connectivity index (χ4n) is 2.09. The molecule has 0 aliphatic rings. The summed E-state index contributed by atoms with van der Waals surface area (Å²) in [5, 5.41) is 2.93. The molecule has 0 saturated heterocycles. The summed E-state index contributed by atoms with van der Waals surface area (Å²) in [7, 11) is 1.52. The zero-order chi connectivity index (χ0) is 14.7. The zero-order valence-corrected chi connectivity index (χ0v) is 11.9. The predicted octanol–water partition coefficient (Wildman–Crippen LogP) is 3.15. The summed E-state index contributed by atoms with van der Waals surface area (Å²) in [5.74, 6) is 0.257. The van der Waals surface area contributed by atoms with Crippen LogP contribution in [-0.4, -0.2) is 13.0 Å². The summed E-state index contributed by atoms with van der Waals surface area (Å²) in [6.45, 7) is 3.92. The van der Waals surface area contributed by atoms with Gasteiger partial charge in [0.1, 0.15) is 5.75 Å². The lowest BCUT2D eigenvalue weighted by Crippen LogP contribution is -2.15. The van der Waals surface area contributed by atoms with Gasteiger partial charge in [-0.2, -0.15) is 0 Å². The molecule has 0 aliphatic heterocycles. The van der Waals surface area contributed by atoms with Crippen LogP contribution in [0, 0.1) is 13.8 Å². The molecule has 0 heterocycles. The maximum absolute atomic E-state index is 12.4. The number of hydrogen-bond acceptors (Lipinski definition) is 3. The largest absolute Gasteiger partial charge is 0.496 e. The maximum Gasteiger partial charge on any atom is 0.259 e. The molecule has 0 radical (unpaired) electrons. The number of nitrogens with two attached hydrogens (primary N) is 1. The van der Waals surface area contributed by atoms with Crippen molar-refractivity contribution in [3.63, 3.8) is 0 Å². The number of ether oxygens (including phenoxy) is 1. The maximum atomic E-state index is 12.4. The Balaban J connectivity index is 2.33. The lowest BCUT2D eigenvalue weighted by Gasteiger charge is -2.13. The number of nitrogens with one attached hydrogen (secondary N) is 1. The van der Waals surface area contributed by atoms with Crippen LogP contribution in [0.2, 0.25) is 0 Å². The number of rotatable bonds is 3. The molecule has 2 aromatic rings. The number of amides is 1. The van der Waals surface area contributed by atoms with Crippen LogP contribution in [-0.2, 0) is 0 Å². The molecule has 0 bridgehead atoms. The Labute approximate surface area is 118 Å². The highest BCUT2D eigenvalue weighted by Crippen LogP contribution is 2.25. The monoisotopic (exact) mass is 270 g/mol. The molecular weight excluding hydrogens is 252 g/mol. The van der Waals surface area contributed by atoms with E-state index in [1.54, 1.807) is 18.2 Å². The Bertz CT molecular complexity index is 631. The van der Waals surface area contributed by atoms with Crippen LogP contribution in [0.3, 0.4) is 0 Å². The topological polar surface area (TPSA) is 64.3 Å². The normalized spacial score (nSPS) is 10.2. The zero-order valence-electron chi connectivity index (χ0n) is 11.9. The first-order valence-electron chi connectivity index (χ1n) is 6.34. The van der Waals surface area contributed by atoms with Crippen LogP contribution in [0.4, 0.5) is 11.4 Å². The number of carbonyl (C=O) groups is 1. The average Bonchev–Trinajstić information content (AvgIpc) is 2.42. The van der Waals surface area contributed by atoms with Gasteiger partial charge in [-0.1, -0.05) is 18.2 Å². The van der Waals surface area contributed by atoms with Gasteiger partial charge >= 0.3 is 0 Å². The van der Waals surface area contributed by atoms with Crippen molar-refractivity contribution < 1.29 is 9.53 Å². The van der Waals surface area contributed by atoms with Gasteiger partial charge in [0.05, 0.1) is 12.7 Å². The first-order valence-corrected chi connectivity index (χ1v) is 6.34. The van der Waals surface area contributed by atoms with Gasteiger partial charge in [-0.05, 0) is 37.1 Å². The number of anilines is 2. The fraction of sp³-hybridized carbons (Fsp3) is 0.188. The van der Waals surface area contributed by atoms with E-state index in [-0.39, 0.29) is 5.91 Å². The summed E-state index contributed by atoms with van der Waals surface area (Å²) < 4.78 is 5.20. The van der Waals surface area contributed by atoms with Crippen molar-refractivity contribution in [2.45, 2.75) is 13.8 Å². The minimum absolute atomic E-state index is 0.209. The standard InChI is InChI=1S/C16H18N2O2/c1-10-5-4-6-11(2)15(10)18-16(19)13-8-7-12(17)9-14(13)20-3/h4-9H,17H2,1-3H3,(H,18,19). The van der Waals surface area contributed by atoms with Gasteiger partial charge in [0.15, 0.2) is 0 Å². The van der Waals surface area contributed by atoms with Crippen molar-refractivity contribution in [3.8, 4) is 5.75 Å². The van der Waals surface area contributed by atoms with Gasteiger partial charge in [-0.15, -0.1) is 0 Å². The molecule has 0 atom stereocenters. The molecule has 4 heteroatoms. The van der Waals surface area contributed by atoms with Gasteiger partial charge in [0.25, 0.3) is 5.91 Å². The van der Waals surface area contributed by atoms with Gasteiger partial charge in [-0.25, -0.2) is 0 Å². The average molecular weight is 270 g/mol. The van der Waals surface area contributed by atoms with Crippen LogP contribution in [0.25, 0.3) is 0 Å². The third-order valence-corrected chi connectivity index (χ3v) is 3.19. The van der Waals surface area contributed by atoms with E-state index < -0.39 is 0 Å². The lowest BCUT2D eigenvalue weighted by atomic mass is 10.1. The van der Waals surface area contributed by atoms with Crippen molar-refractivity contribution in [3.05, 3.63) is 53.1 Å². The molecule has 2 aromatic carbocycles. The SMILES string of the molecule is COc1cc(N)ccc1C(=O)Nc1c(C)cccc1C. The molecule has 0 fully saturated rings. The Morgan fingerprint density at radius 2 is 1.80 bits per heavy atom. The van der Waals surface area contributed by atoms with E-state index in [1.807, 2.05) is 32.0 Å². The fourth-order valence-corrected chi connectivity index (χ4v) is 2.09. The molecule has 1 amide bonds. The highest BCUT2D eigenvalue weighted by molar-refractivity contribution is 6.07. The van der Waals surface area contributed by atoms with E-state index in [1.165, 1.54) is 7.11 Å². The van der Waals surface area contributed by atoms with E-state index >= 15 is 0 Å². The molecule has 2 rings (SSSR count). The number of para-hydroxylation sites is 1. The lowest BCUT2D eigenvalue weighted by molar-refractivity contribution is 0.102. The van der Waals surface area contributed by atoms with Gasteiger partial charge in [0, 0.05) is 17.4 Å². The second kappa shape index (κ2) is 5.65. The molecule has 20 heavy (non-hydrogen) atoms. The van der Waals surface area contributed by atoms with Crippen molar-refractivity contribution >= 4 is 17.3 Å². The summed E-state index contributed by atoms with van der Waals surface area (Å²) >= 11 is 0. The second-order valence-corrected chi connectivity index (χ2v) is 4.68. The van der Waals surface area contributed by atoms with Crippen LogP contribution in [0.1, 0.15) is 21.5 Å². The van der Waals surface area contributed by atoms with Gasteiger partial charge in [0.2, 0.25) is 0 Å². The van der Waals surface area contributed by atoms with E-state index in [4.69, 9.17) is 10.5 Å². The first-order chi connectivity index (χ1) is 9.52. The second-order valence-electron chi connectivity index (χ2n) is 4.68. The Hall–Kier alpha value is -2.49. The summed E-state index contributed by atoms with van der Waals surface area (Å²) in [4.78, 5) is 12.4. The van der Waals surface area contributed by atoms with Crippen LogP contribution >= 0.6 is 0 Å². The highest BCUT2D eigenvalue weighted by atomic mass is 16.5. The van der Waals surface area contributed by atoms with Crippen molar-refractivity contribution in [2.24, 2.45) is 0 Å².